The first-order chi connectivity index (χ1) is 8.04. The fraction of sp³-hybridized carbons (Fsp3) is 0.222. The van der Waals surface area contributed by atoms with Crippen LogP contribution in [-0.2, 0) is 4.74 Å². The molecular weight excluding hydrogens is 409 g/mol. The normalized spacial score (nSPS) is 10.0. The van der Waals surface area contributed by atoms with Crippen LogP contribution >= 0.6 is 15.9 Å². The second-order valence-corrected chi connectivity index (χ2v) is 5.37. The van der Waals surface area contributed by atoms with Crippen molar-refractivity contribution in [2.75, 3.05) is 6.61 Å². The number of carbonyl (C=O) groups is 1. The van der Waals surface area contributed by atoms with E-state index in [-0.39, 0.29) is 18.0 Å². The van der Waals surface area contributed by atoms with E-state index in [1.54, 1.807) is 6.92 Å². The summed E-state index contributed by atoms with van der Waals surface area (Å²) in [6, 6.07) is 4.30. The van der Waals surface area contributed by atoms with Crippen LogP contribution in [0.2, 0.25) is 0 Å². The zero-order valence-corrected chi connectivity index (χ0v) is 12.4. The maximum atomic E-state index is 11.1. The number of rotatable bonds is 5. The van der Waals surface area contributed by atoms with Crippen molar-refractivity contribution in [1.82, 2.24) is 0 Å². The first-order valence-corrected chi connectivity index (χ1v) is 7.22. The van der Waals surface area contributed by atoms with Gasteiger partial charge in [0.05, 0.1) is 0 Å². The van der Waals surface area contributed by atoms with Crippen LogP contribution in [0.5, 0.6) is 5.75 Å². The molecule has 0 aromatic heterocycles. The van der Waals surface area contributed by atoms with Crippen molar-refractivity contribution in [3.05, 3.63) is 32.8 Å². The van der Waals surface area contributed by atoms with E-state index in [1.165, 1.54) is 18.2 Å². The Hall–Kier alpha value is -0.900. The molecule has 0 bridgehead atoms. The monoisotopic (exact) mass is 416 g/mol. The minimum atomic E-state index is -1.36. The van der Waals surface area contributed by atoms with Gasteiger partial charge in [0.15, 0.2) is 0 Å². The van der Waals surface area contributed by atoms with Crippen molar-refractivity contribution in [2.24, 2.45) is 0 Å². The SMILES string of the molecule is CCOC(=O)[I-]Oc1cc(Br)ccc1[N+](=O)[O-]. The molecule has 0 unspecified atom stereocenters. The van der Waals surface area contributed by atoms with Crippen LogP contribution in [-0.4, -0.2) is 15.5 Å². The molecule has 0 aliphatic rings. The third-order valence-corrected chi connectivity index (χ3v) is 3.42. The van der Waals surface area contributed by atoms with E-state index in [0.717, 1.165) is 0 Å². The summed E-state index contributed by atoms with van der Waals surface area (Å²) in [5, 5.41) is 10.7. The van der Waals surface area contributed by atoms with Crippen LogP contribution in [0.3, 0.4) is 0 Å². The molecule has 0 saturated heterocycles. The van der Waals surface area contributed by atoms with Crippen molar-refractivity contribution in [3.8, 4) is 5.75 Å². The fourth-order valence-electron chi connectivity index (χ4n) is 0.909. The van der Waals surface area contributed by atoms with Gasteiger partial charge < -0.3 is 0 Å². The minimum absolute atomic E-state index is 0.0743. The van der Waals surface area contributed by atoms with E-state index in [1.807, 2.05) is 0 Å². The molecule has 0 heterocycles. The van der Waals surface area contributed by atoms with Gasteiger partial charge >= 0.3 is 117 Å². The molecule has 0 amide bonds. The summed E-state index contributed by atoms with van der Waals surface area (Å²) < 4.78 is 10.0. The van der Waals surface area contributed by atoms with Crippen molar-refractivity contribution in [1.29, 1.82) is 0 Å². The standard InChI is InChI=1S/C9H8BrINO5/c1-2-16-9(13)11-17-8-5-6(10)3-4-7(8)12(14)15/h3-5H,2H2,1H3/q-1. The molecule has 0 radical (unpaired) electrons. The first kappa shape index (κ1) is 14.2. The molecule has 0 fully saturated rings. The third-order valence-electron chi connectivity index (χ3n) is 1.56. The number of hydrogen-bond donors (Lipinski definition) is 0. The molecule has 1 rings (SSSR count). The summed E-state index contributed by atoms with van der Waals surface area (Å²) in [6.45, 7) is 1.95. The number of nitro benzene ring substituents is 1. The molecule has 0 N–H and O–H groups in total. The van der Waals surface area contributed by atoms with E-state index in [0.29, 0.717) is 4.47 Å². The van der Waals surface area contributed by atoms with E-state index >= 15 is 0 Å². The summed E-state index contributed by atoms with van der Waals surface area (Å²) >= 11 is 1.81. The third kappa shape index (κ3) is 4.46. The van der Waals surface area contributed by atoms with E-state index < -0.39 is 30.5 Å². The van der Waals surface area contributed by atoms with Gasteiger partial charge in [-0.1, -0.05) is 0 Å². The topological polar surface area (TPSA) is 78.7 Å². The van der Waals surface area contributed by atoms with Gasteiger partial charge in [0.2, 0.25) is 0 Å². The van der Waals surface area contributed by atoms with E-state index in [4.69, 9.17) is 7.80 Å². The van der Waals surface area contributed by atoms with Gasteiger partial charge in [0, 0.05) is 0 Å². The van der Waals surface area contributed by atoms with Crippen molar-refractivity contribution in [3.63, 3.8) is 0 Å². The number of nitrogens with zero attached hydrogens (tertiary/aromatic N) is 1. The summed E-state index contributed by atoms with van der Waals surface area (Å²) in [4.78, 5) is 21.3. The molecule has 1 aromatic rings. The van der Waals surface area contributed by atoms with Crippen LogP contribution in [0.4, 0.5) is 10.5 Å². The molecule has 6 nitrogen and oxygen atoms in total. The number of nitro groups is 1. The van der Waals surface area contributed by atoms with Crippen molar-refractivity contribution in [2.45, 2.75) is 6.92 Å². The van der Waals surface area contributed by atoms with Crippen LogP contribution in [0.15, 0.2) is 22.7 Å². The number of hydrogen-bond acceptors (Lipinski definition) is 5. The Morgan fingerprint density at radius 3 is 2.88 bits per heavy atom. The average molecular weight is 417 g/mol. The Kier molecular flexibility index (Phi) is 5.62. The molecule has 0 spiro atoms. The number of ether oxygens (including phenoxy) is 1. The maximum absolute atomic E-state index is 11.1. The molecular formula is C9H8BrINO5-. The molecule has 0 atom stereocenters. The summed E-state index contributed by atoms with van der Waals surface area (Å²) in [5.41, 5.74) is -0.169. The molecule has 8 heteroatoms. The van der Waals surface area contributed by atoms with Gasteiger partial charge in [-0.3, -0.25) is 0 Å². The second kappa shape index (κ2) is 6.74. The van der Waals surface area contributed by atoms with Gasteiger partial charge in [-0.2, -0.15) is 0 Å². The quantitative estimate of drug-likeness (QED) is 0.290. The van der Waals surface area contributed by atoms with Crippen LogP contribution < -0.4 is 24.7 Å². The predicted octanol–water partition coefficient (Wildman–Crippen LogP) is -0.103. The van der Waals surface area contributed by atoms with Crippen molar-refractivity contribution < 1.29 is 39.1 Å². The van der Waals surface area contributed by atoms with Crippen LogP contribution in [0, 0.1) is 10.1 Å². The summed E-state index contributed by atoms with van der Waals surface area (Å²) in [5.74, 6) is 0.0743. The summed E-state index contributed by atoms with van der Waals surface area (Å²) in [7, 11) is 0. The van der Waals surface area contributed by atoms with Gasteiger partial charge in [-0.25, -0.2) is 0 Å². The molecule has 94 valence electrons. The Balaban J connectivity index is 2.78. The van der Waals surface area contributed by atoms with Crippen LogP contribution in [0.1, 0.15) is 6.92 Å². The van der Waals surface area contributed by atoms with Gasteiger partial charge in [0.25, 0.3) is 0 Å². The predicted molar refractivity (Wildman–Crippen MR) is 58.4 cm³/mol. The Bertz CT molecular complexity index is 439. The number of benzene rings is 1. The van der Waals surface area contributed by atoms with Crippen LogP contribution in [0.25, 0.3) is 0 Å². The van der Waals surface area contributed by atoms with E-state index in [2.05, 4.69) is 15.9 Å². The van der Waals surface area contributed by atoms with Crippen molar-refractivity contribution >= 4 is 25.6 Å². The van der Waals surface area contributed by atoms with Gasteiger partial charge in [-0.15, -0.1) is 0 Å². The molecule has 0 aliphatic heterocycles. The molecule has 17 heavy (non-hydrogen) atoms. The van der Waals surface area contributed by atoms with E-state index in [9.17, 15) is 14.9 Å². The zero-order chi connectivity index (χ0) is 12.8. The Labute approximate surface area is 116 Å². The second-order valence-electron chi connectivity index (χ2n) is 2.69. The Morgan fingerprint density at radius 1 is 1.59 bits per heavy atom. The van der Waals surface area contributed by atoms with Gasteiger partial charge in [0.1, 0.15) is 0 Å². The number of carbonyl (C=O) groups excluding carboxylic acids is 1. The molecule has 1 aromatic carbocycles. The Morgan fingerprint density at radius 2 is 2.29 bits per heavy atom. The summed E-state index contributed by atoms with van der Waals surface area (Å²) in [6.07, 6.45) is 0. The average Bonchev–Trinajstić information content (AvgIpc) is 2.26. The fourth-order valence-corrected chi connectivity index (χ4v) is 2.46. The van der Waals surface area contributed by atoms with Gasteiger partial charge in [-0.05, 0) is 0 Å². The number of halogens is 2. The zero-order valence-electron chi connectivity index (χ0n) is 8.68. The first-order valence-electron chi connectivity index (χ1n) is 4.47. The molecule has 0 aliphatic carbocycles. The molecule has 0 saturated carbocycles.